The Morgan fingerprint density at radius 3 is 2.00 bits per heavy atom. The Kier molecular flexibility index (Phi) is 9.44. The van der Waals surface area contributed by atoms with E-state index in [1.807, 2.05) is 0 Å². The second kappa shape index (κ2) is 12.3. The van der Waals surface area contributed by atoms with Crippen LogP contribution in [-0.4, -0.2) is 56.2 Å². The molecule has 1 heterocycles. The van der Waals surface area contributed by atoms with Gasteiger partial charge in [-0.2, -0.15) is 26.3 Å². The van der Waals surface area contributed by atoms with E-state index >= 15 is 0 Å². The topological polar surface area (TPSA) is 91.8 Å². The first-order valence-electron chi connectivity index (χ1n) is 14.2. The molecule has 0 spiro atoms. The molecule has 0 bridgehead atoms. The van der Waals surface area contributed by atoms with Gasteiger partial charge in [0.2, 0.25) is 5.91 Å². The molecule has 1 amide bonds. The number of nitrogens with zero attached hydrogens (tertiary/aromatic N) is 1. The van der Waals surface area contributed by atoms with Gasteiger partial charge in [0.05, 0.1) is 4.90 Å². The first-order chi connectivity index (χ1) is 20.5. The molecule has 2 aromatic carbocycles. The summed E-state index contributed by atoms with van der Waals surface area (Å²) in [6.45, 7) is -0.500. The van der Waals surface area contributed by atoms with E-state index in [4.69, 9.17) is 9.90 Å². The lowest BCUT2D eigenvalue weighted by atomic mass is 9.88. The van der Waals surface area contributed by atoms with E-state index in [0.717, 1.165) is 55.4 Å². The van der Waals surface area contributed by atoms with Crippen LogP contribution in [0.3, 0.4) is 0 Å². The minimum Gasteiger partial charge on any atom is -0.483 e. The first kappa shape index (κ1) is 33.7. The zero-order valence-electron chi connectivity index (χ0n) is 23.6. The van der Waals surface area contributed by atoms with Gasteiger partial charge in [-0.25, -0.2) is 12.8 Å². The number of carbonyl (C=O) groups is 2. The molecule has 44 heavy (non-hydrogen) atoms. The number of halogens is 7. The van der Waals surface area contributed by atoms with E-state index in [0.29, 0.717) is 31.4 Å². The van der Waals surface area contributed by atoms with E-state index in [2.05, 4.69) is 0 Å². The molecule has 0 aromatic heterocycles. The van der Waals surface area contributed by atoms with Crippen LogP contribution >= 0.6 is 0 Å². The Hall–Kier alpha value is -3.16. The van der Waals surface area contributed by atoms with Gasteiger partial charge in [-0.15, -0.1) is 0 Å². The number of hydrogen-bond acceptors (Lipinski definition) is 4. The second-order valence-corrected chi connectivity index (χ2v) is 13.7. The summed E-state index contributed by atoms with van der Waals surface area (Å²) in [4.78, 5) is 23.2. The largest absolute Gasteiger partial charge is 0.483 e. The van der Waals surface area contributed by atoms with Gasteiger partial charge in [-0.05, 0) is 67.3 Å². The predicted molar refractivity (Wildman–Crippen MR) is 145 cm³/mol. The Bertz CT molecular complexity index is 1450. The molecule has 3 aliphatic rings. The molecule has 14 heteroatoms. The highest BCUT2D eigenvalue weighted by Crippen LogP contribution is 2.54. The fraction of sp³-hybridized carbons (Fsp3) is 0.533. The summed E-state index contributed by atoms with van der Waals surface area (Å²) >= 11 is 0. The summed E-state index contributed by atoms with van der Waals surface area (Å²) in [5, 5.41) is 6.89. The fourth-order valence-electron chi connectivity index (χ4n) is 6.62. The molecule has 1 N–H and O–H groups in total. The lowest BCUT2D eigenvalue weighted by Crippen LogP contribution is -2.50. The number of aryl methyl sites for hydroxylation is 2. The van der Waals surface area contributed by atoms with E-state index in [1.54, 1.807) is 12.1 Å². The number of rotatable bonds is 5. The number of likely N-dealkylation sites (tertiary alicyclic amines) is 1. The summed E-state index contributed by atoms with van der Waals surface area (Å²) in [5.41, 5.74) is -5.54. The molecule has 2 fully saturated rings. The standard InChI is InChI=1S/C29H30F7NO3S.CH2O2/c30-27(28(31,32)33,29(34,35)36)23-12-10-22(11-13-23)26(15-16-37(18-26)25(38)20-5-2-1-3-6-20)41(39,40)24-14-9-19-7-4-8-21(19)17-24;2-1-3/h9-14,17,20H,1-8,15-16,18H2;1H,(H,2,3). The number of amides is 1. The molecule has 1 saturated carbocycles. The molecule has 1 saturated heterocycles. The molecule has 5 rings (SSSR count). The number of carboxylic acid groups (broad SMARTS) is 1. The predicted octanol–water partition coefficient (Wildman–Crippen LogP) is 6.65. The van der Waals surface area contributed by atoms with Gasteiger partial charge in [-0.3, -0.25) is 9.59 Å². The molecule has 6 nitrogen and oxygen atoms in total. The maximum Gasteiger partial charge on any atom is 0.435 e. The third-order valence-electron chi connectivity index (χ3n) is 8.98. The number of sulfone groups is 1. The normalized spacial score (nSPS) is 21.4. The minimum absolute atomic E-state index is 0.0281. The molecule has 2 aliphatic carbocycles. The number of carbonyl (C=O) groups excluding carboxylic acids is 1. The van der Waals surface area contributed by atoms with Crippen molar-refractivity contribution in [3.05, 3.63) is 64.7 Å². The van der Waals surface area contributed by atoms with Crippen molar-refractivity contribution in [2.75, 3.05) is 13.1 Å². The summed E-state index contributed by atoms with van der Waals surface area (Å²) in [5.74, 6) is -0.473. The van der Waals surface area contributed by atoms with Crippen LogP contribution in [0.1, 0.15) is 67.2 Å². The van der Waals surface area contributed by atoms with Gasteiger partial charge in [0.15, 0.2) is 9.84 Å². The van der Waals surface area contributed by atoms with Gasteiger partial charge >= 0.3 is 18.0 Å². The van der Waals surface area contributed by atoms with Gasteiger partial charge in [0.1, 0.15) is 4.75 Å². The third kappa shape index (κ3) is 5.81. The van der Waals surface area contributed by atoms with Crippen molar-refractivity contribution in [2.45, 2.75) is 85.5 Å². The average molecular weight is 652 g/mol. The van der Waals surface area contributed by atoms with Crippen LogP contribution < -0.4 is 0 Å². The van der Waals surface area contributed by atoms with Crippen LogP contribution in [0, 0.1) is 5.92 Å². The maximum absolute atomic E-state index is 14.7. The SMILES string of the molecule is O=C(C1CCCCC1)N1CCC(c2ccc(C(F)(C(F)(F)F)C(F)(F)F)cc2)(S(=O)(=O)c2ccc3c(c2)CCC3)C1.O=CO. The Balaban J connectivity index is 0.00000141. The highest BCUT2D eigenvalue weighted by atomic mass is 32.2. The van der Waals surface area contributed by atoms with Crippen LogP contribution in [0.4, 0.5) is 30.7 Å². The van der Waals surface area contributed by atoms with E-state index in [9.17, 15) is 43.9 Å². The number of alkyl halides is 7. The fourth-order valence-corrected chi connectivity index (χ4v) is 8.75. The first-order valence-corrected chi connectivity index (χ1v) is 15.7. The maximum atomic E-state index is 14.7. The summed E-state index contributed by atoms with van der Waals surface area (Å²) in [7, 11) is -4.31. The highest BCUT2D eigenvalue weighted by Gasteiger charge is 2.73. The van der Waals surface area contributed by atoms with Gasteiger partial charge in [-0.1, -0.05) is 49.6 Å². The molecule has 0 radical (unpaired) electrons. The summed E-state index contributed by atoms with van der Waals surface area (Å²) in [6, 6.07) is 7.08. The van der Waals surface area contributed by atoms with Gasteiger partial charge in [0, 0.05) is 24.6 Å². The Labute approximate surface area is 250 Å². The molecular weight excluding hydrogens is 619 g/mol. The second-order valence-electron chi connectivity index (χ2n) is 11.5. The van der Waals surface area contributed by atoms with Gasteiger partial charge < -0.3 is 10.0 Å². The number of fused-ring (bicyclic) bond motifs is 1. The molecule has 1 unspecified atom stereocenters. The lowest BCUT2D eigenvalue weighted by Gasteiger charge is -2.33. The summed E-state index contributed by atoms with van der Waals surface area (Å²) in [6.07, 6.45) is -6.28. The van der Waals surface area contributed by atoms with Crippen molar-refractivity contribution in [2.24, 2.45) is 5.92 Å². The van der Waals surface area contributed by atoms with Crippen molar-refractivity contribution >= 4 is 22.2 Å². The third-order valence-corrected chi connectivity index (χ3v) is 11.5. The number of benzene rings is 2. The Morgan fingerprint density at radius 1 is 0.864 bits per heavy atom. The average Bonchev–Trinajstić information content (AvgIpc) is 3.64. The van der Waals surface area contributed by atoms with E-state index < -0.39 is 38.2 Å². The Morgan fingerprint density at radius 2 is 1.43 bits per heavy atom. The van der Waals surface area contributed by atoms with E-state index in [-0.39, 0.29) is 48.3 Å². The minimum atomic E-state index is -6.29. The van der Waals surface area contributed by atoms with Crippen molar-refractivity contribution < 1.29 is 53.8 Å². The van der Waals surface area contributed by atoms with Crippen molar-refractivity contribution in [1.82, 2.24) is 4.90 Å². The van der Waals surface area contributed by atoms with Crippen LogP contribution in [0.15, 0.2) is 47.4 Å². The lowest BCUT2D eigenvalue weighted by molar-refractivity contribution is -0.348. The zero-order valence-corrected chi connectivity index (χ0v) is 24.4. The molecule has 1 aliphatic heterocycles. The van der Waals surface area contributed by atoms with E-state index in [1.165, 1.54) is 11.0 Å². The quantitative estimate of drug-likeness (QED) is 0.289. The van der Waals surface area contributed by atoms with Gasteiger partial charge in [0.25, 0.3) is 6.47 Å². The van der Waals surface area contributed by atoms with Crippen LogP contribution in [0.2, 0.25) is 0 Å². The molecular formula is C30H32F7NO5S. The van der Waals surface area contributed by atoms with Crippen LogP contribution in [-0.2, 0) is 42.7 Å². The van der Waals surface area contributed by atoms with Crippen LogP contribution in [0.25, 0.3) is 0 Å². The molecule has 1 atom stereocenters. The molecule has 2 aromatic rings. The zero-order chi connectivity index (χ0) is 32.6. The highest BCUT2D eigenvalue weighted by molar-refractivity contribution is 7.92. The van der Waals surface area contributed by atoms with Crippen molar-refractivity contribution in [1.29, 1.82) is 0 Å². The number of hydrogen-bond donors (Lipinski definition) is 1. The van der Waals surface area contributed by atoms with Crippen LogP contribution in [0.5, 0.6) is 0 Å². The van der Waals surface area contributed by atoms with Crippen molar-refractivity contribution in [3.8, 4) is 0 Å². The monoisotopic (exact) mass is 651 g/mol. The summed E-state index contributed by atoms with van der Waals surface area (Å²) < 4.78 is 122. The van der Waals surface area contributed by atoms with Crippen molar-refractivity contribution in [3.63, 3.8) is 0 Å². The smallest absolute Gasteiger partial charge is 0.435 e. The molecule has 242 valence electrons.